The predicted molar refractivity (Wildman–Crippen MR) is 59.6 cm³/mol. The summed E-state index contributed by atoms with van der Waals surface area (Å²) in [6.45, 7) is 11.0. The van der Waals surface area contributed by atoms with E-state index in [0.717, 1.165) is 25.7 Å². The van der Waals surface area contributed by atoms with Crippen molar-refractivity contribution in [3.8, 4) is 0 Å². The number of rotatable bonds is 6. The van der Waals surface area contributed by atoms with Crippen LogP contribution in [-0.4, -0.2) is 11.2 Å². The van der Waals surface area contributed by atoms with Gasteiger partial charge in [-0.15, -0.1) is 0 Å². The first-order valence-corrected chi connectivity index (χ1v) is 5.53. The summed E-state index contributed by atoms with van der Waals surface area (Å²) >= 11 is 0. The third-order valence-corrected chi connectivity index (χ3v) is 3.37. The maximum absolute atomic E-state index is 6.22. The van der Waals surface area contributed by atoms with Crippen LogP contribution in [0.15, 0.2) is 0 Å². The van der Waals surface area contributed by atoms with E-state index in [1.54, 1.807) is 0 Å². The van der Waals surface area contributed by atoms with Gasteiger partial charge in [0.1, 0.15) is 0 Å². The molecule has 0 aliphatic heterocycles. The molecule has 2 heteroatoms. The lowest BCUT2D eigenvalue weighted by Crippen LogP contribution is -2.61. The lowest BCUT2D eigenvalue weighted by atomic mass is 9.91. The van der Waals surface area contributed by atoms with Crippen LogP contribution in [0.2, 0.25) is 0 Å². The van der Waals surface area contributed by atoms with Gasteiger partial charge in [-0.3, -0.25) is 5.32 Å². The largest absolute Gasteiger partial charge is 0.313 e. The molecule has 0 aromatic heterocycles. The van der Waals surface area contributed by atoms with Crippen LogP contribution in [-0.2, 0) is 0 Å². The Morgan fingerprint density at radius 2 is 1.31 bits per heavy atom. The van der Waals surface area contributed by atoms with Crippen LogP contribution < -0.4 is 11.1 Å². The van der Waals surface area contributed by atoms with E-state index in [1.807, 2.05) is 0 Å². The van der Waals surface area contributed by atoms with Gasteiger partial charge in [0.05, 0.1) is 5.66 Å². The topological polar surface area (TPSA) is 38.0 Å². The highest BCUT2D eigenvalue weighted by Gasteiger charge is 2.29. The van der Waals surface area contributed by atoms with Gasteiger partial charge in [0.2, 0.25) is 0 Å². The fourth-order valence-corrected chi connectivity index (χ4v) is 1.45. The van der Waals surface area contributed by atoms with Crippen LogP contribution in [0.5, 0.6) is 0 Å². The van der Waals surface area contributed by atoms with E-state index in [9.17, 15) is 0 Å². The van der Waals surface area contributed by atoms with Crippen molar-refractivity contribution >= 4 is 0 Å². The molecule has 0 radical (unpaired) electrons. The van der Waals surface area contributed by atoms with Crippen molar-refractivity contribution in [2.24, 2.45) is 5.73 Å². The fourth-order valence-electron chi connectivity index (χ4n) is 1.45. The molecule has 0 aliphatic carbocycles. The Bertz CT molecular complexity index is 119. The molecule has 3 N–H and O–H groups in total. The Morgan fingerprint density at radius 3 is 1.54 bits per heavy atom. The highest BCUT2D eigenvalue weighted by atomic mass is 15.1. The third kappa shape index (κ3) is 3.65. The first kappa shape index (κ1) is 12.9. The summed E-state index contributed by atoms with van der Waals surface area (Å²) in [5.74, 6) is 0. The van der Waals surface area contributed by atoms with Gasteiger partial charge in [0.15, 0.2) is 0 Å². The molecule has 0 aromatic rings. The Balaban J connectivity index is 4.36. The van der Waals surface area contributed by atoms with E-state index < -0.39 is 0 Å². The summed E-state index contributed by atoms with van der Waals surface area (Å²) in [6.07, 6.45) is 4.23. The van der Waals surface area contributed by atoms with Gasteiger partial charge in [-0.1, -0.05) is 27.7 Å². The predicted octanol–water partition coefficient (Wildman–Crippen LogP) is 2.63. The smallest absolute Gasteiger partial charge is 0.0660 e. The Labute approximate surface area is 83.3 Å². The van der Waals surface area contributed by atoms with E-state index in [4.69, 9.17) is 5.73 Å². The highest BCUT2D eigenvalue weighted by Crippen LogP contribution is 2.19. The van der Waals surface area contributed by atoms with Crippen molar-refractivity contribution < 1.29 is 0 Å². The van der Waals surface area contributed by atoms with Crippen molar-refractivity contribution in [1.29, 1.82) is 0 Å². The molecule has 0 bridgehead atoms. The van der Waals surface area contributed by atoms with Crippen LogP contribution >= 0.6 is 0 Å². The van der Waals surface area contributed by atoms with Gasteiger partial charge < -0.3 is 5.73 Å². The molecular weight excluding hydrogens is 160 g/mol. The monoisotopic (exact) mass is 186 g/mol. The molecule has 0 saturated heterocycles. The summed E-state index contributed by atoms with van der Waals surface area (Å²) < 4.78 is 0. The van der Waals surface area contributed by atoms with Gasteiger partial charge in [-0.25, -0.2) is 0 Å². The minimum atomic E-state index is -0.180. The zero-order chi connectivity index (χ0) is 10.5. The van der Waals surface area contributed by atoms with Crippen LogP contribution in [0.4, 0.5) is 0 Å². The van der Waals surface area contributed by atoms with Crippen molar-refractivity contribution in [1.82, 2.24) is 5.32 Å². The summed E-state index contributed by atoms with van der Waals surface area (Å²) in [6, 6.07) is 0. The average molecular weight is 186 g/mol. The SMILES string of the molecule is CCC(C)(CC)NC(N)(CC)CC. The number of hydrogen-bond acceptors (Lipinski definition) is 2. The molecule has 0 aromatic carbocycles. The lowest BCUT2D eigenvalue weighted by Gasteiger charge is -2.39. The summed E-state index contributed by atoms with van der Waals surface area (Å²) in [5, 5.41) is 3.58. The molecule has 0 aliphatic rings. The van der Waals surface area contributed by atoms with Crippen molar-refractivity contribution in [2.45, 2.75) is 71.5 Å². The molecular formula is C11H26N2. The molecule has 80 valence electrons. The maximum Gasteiger partial charge on any atom is 0.0660 e. The first-order valence-electron chi connectivity index (χ1n) is 5.53. The second kappa shape index (κ2) is 4.97. The van der Waals surface area contributed by atoms with E-state index >= 15 is 0 Å². The van der Waals surface area contributed by atoms with Crippen LogP contribution in [0, 0.1) is 0 Å². The standard InChI is InChI=1S/C11H26N2/c1-6-10(5,7-2)13-11(12,8-3)9-4/h13H,6-9,12H2,1-5H3. The van der Waals surface area contributed by atoms with Gasteiger partial charge >= 0.3 is 0 Å². The molecule has 0 amide bonds. The molecule has 2 nitrogen and oxygen atoms in total. The molecule has 13 heavy (non-hydrogen) atoms. The minimum absolute atomic E-state index is 0.180. The Morgan fingerprint density at radius 1 is 0.923 bits per heavy atom. The Kier molecular flexibility index (Phi) is 4.93. The third-order valence-electron chi connectivity index (χ3n) is 3.37. The van der Waals surface area contributed by atoms with Crippen molar-refractivity contribution in [2.75, 3.05) is 0 Å². The van der Waals surface area contributed by atoms with Gasteiger partial charge in [0.25, 0.3) is 0 Å². The van der Waals surface area contributed by atoms with Crippen LogP contribution in [0.3, 0.4) is 0 Å². The van der Waals surface area contributed by atoms with Gasteiger partial charge in [-0.2, -0.15) is 0 Å². The molecule has 0 heterocycles. The number of nitrogens with two attached hydrogens (primary N) is 1. The van der Waals surface area contributed by atoms with E-state index in [2.05, 4.69) is 39.9 Å². The van der Waals surface area contributed by atoms with Crippen molar-refractivity contribution in [3.63, 3.8) is 0 Å². The summed E-state index contributed by atoms with van der Waals surface area (Å²) in [5.41, 5.74) is 6.24. The molecule has 0 fully saturated rings. The number of nitrogens with one attached hydrogen (secondary N) is 1. The van der Waals surface area contributed by atoms with Gasteiger partial charge in [0, 0.05) is 5.54 Å². The van der Waals surface area contributed by atoms with Gasteiger partial charge in [-0.05, 0) is 32.6 Å². The summed E-state index contributed by atoms with van der Waals surface area (Å²) in [7, 11) is 0. The molecule has 0 saturated carbocycles. The zero-order valence-electron chi connectivity index (χ0n) is 9.91. The Hall–Kier alpha value is -0.0800. The van der Waals surface area contributed by atoms with E-state index in [0.29, 0.717) is 0 Å². The molecule has 0 atom stereocenters. The molecule has 0 spiro atoms. The number of hydrogen-bond donors (Lipinski definition) is 2. The average Bonchev–Trinajstić information content (AvgIpc) is 2.17. The highest BCUT2D eigenvalue weighted by molar-refractivity contribution is 4.89. The van der Waals surface area contributed by atoms with Crippen LogP contribution in [0.25, 0.3) is 0 Å². The van der Waals surface area contributed by atoms with Crippen molar-refractivity contribution in [3.05, 3.63) is 0 Å². The van der Waals surface area contributed by atoms with Crippen LogP contribution in [0.1, 0.15) is 60.3 Å². The lowest BCUT2D eigenvalue weighted by molar-refractivity contribution is 0.196. The van der Waals surface area contributed by atoms with E-state index in [1.165, 1.54) is 0 Å². The first-order chi connectivity index (χ1) is 5.95. The second-order valence-corrected chi connectivity index (χ2v) is 4.26. The molecule has 0 rings (SSSR count). The molecule has 0 unspecified atom stereocenters. The quantitative estimate of drug-likeness (QED) is 0.626. The second-order valence-electron chi connectivity index (χ2n) is 4.26. The fraction of sp³-hybridized carbons (Fsp3) is 1.00. The normalized spacial score (nSPS) is 13.4. The maximum atomic E-state index is 6.22. The zero-order valence-corrected chi connectivity index (χ0v) is 9.91. The minimum Gasteiger partial charge on any atom is -0.313 e. The van der Waals surface area contributed by atoms with E-state index in [-0.39, 0.29) is 11.2 Å². The summed E-state index contributed by atoms with van der Waals surface area (Å²) in [4.78, 5) is 0.